The number of hydrogen-bond acceptors (Lipinski definition) is 3. The molecule has 0 aliphatic carbocycles. The van der Waals surface area contributed by atoms with Crippen LogP contribution in [0.15, 0.2) is 58.3 Å². The Morgan fingerprint density at radius 1 is 1.14 bits per heavy atom. The van der Waals surface area contributed by atoms with E-state index in [0.717, 1.165) is 15.5 Å². The molecule has 0 radical (unpaired) electrons. The molecule has 0 bridgehead atoms. The van der Waals surface area contributed by atoms with Crippen LogP contribution in [0.5, 0.6) is 0 Å². The second kappa shape index (κ2) is 7.78. The van der Waals surface area contributed by atoms with E-state index in [1.54, 1.807) is 11.8 Å². The monoisotopic (exact) mass is 337 g/mol. The van der Waals surface area contributed by atoms with Crippen molar-refractivity contribution in [2.75, 3.05) is 11.6 Å². The van der Waals surface area contributed by atoms with E-state index in [1.807, 2.05) is 61.7 Å². The molecule has 1 atom stereocenters. The molecule has 0 heterocycles. The second-order valence-electron chi connectivity index (χ2n) is 4.44. The predicted octanol–water partition coefficient (Wildman–Crippen LogP) is 5.18. The van der Waals surface area contributed by atoms with E-state index in [-0.39, 0.29) is 11.2 Å². The van der Waals surface area contributed by atoms with Crippen LogP contribution >= 0.6 is 35.1 Å². The molecule has 110 valence electrons. The zero-order valence-corrected chi connectivity index (χ0v) is 14.2. The van der Waals surface area contributed by atoms with Crippen LogP contribution in [0.2, 0.25) is 5.02 Å². The summed E-state index contributed by atoms with van der Waals surface area (Å²) in [4.78, 5) is 14.4. The van der Waals surface area contributed by atoms with Gasteiger partial charge in [-0.05, 0) is 55.6 Å². The second-order valence-corrected chi connectivity index (χ2v) is 7.17. The summed E-state index contributed by atoms with van der Waals surface area (Å²) < 4.78 is 0. The first-order chi connectivity index (χ1) is 10.1. The van der Waals surface area contributed by atoms with E-state index in [4.69, 9.17) is 11.6 Å². The summed E-state index contributed by atoms with van der Waals surface area (Å²) >= 11 is 9.02. The van der Waals surface area contributed by atoms with Crippen LogP contribution in [0.25, 0.3) is 0 Å². The maximum atomic E-state index is 12.2. The Morgan fingerprint density at radius 2 is 1.86 bits per heavy atom. The van der Waals surface area contributed by atoms with E-state index in [9.17, 15) is 4.79 Å². The van der Waals surface area contributed by atoms with E-state index in [1.165, 1.54) is 11.8 Å². The Kier molecular flexibility index (Phi) is 6.03. The van der Waals surface area contributed by atoms with E-state index in [2.05, 4.69) is 5.32 Å². The SMILES string of the molecule is CSc1cccc(NC(=O)C(C)Sc2ccc(Cl)cc2)c1. The van der Waals surface area contributed by atoms with Crippen LogP contribution in [0, 0.1) is 0 Å². The van der Waals surface area contributed by atoms with Crippen LogP contribution in [-0.4, -0.2) is 17.4 Å². The van der Waals surface area contributed by atoms with E-state index >= 15 is 0 Å². The lowest BCUT2D eigenvalue weighted by molar-refractivity contribution is -0.115. The number of carbonyl (C=O) groups excluding carboxylic acids is 1. The van der Waals surface area contributed by atoms with Gasteiger partial charge in [-0.15, -0.1) is 23.5 Å². The Balaban J connectivity index is 1.97. The van der Waals surface area contributed by atoms with Crippen molar-refractivity contribution in [2.45, 2.75) is 22.0 Å². The molecular formula is C16H16ClNOS2. The smallest absolute Gasteiger partial charge is 0.237 e. The largest absolute Gasteiger partial charge is 0.325 e. The van der Waals surface area contributed by atoms with Crippen molar-refractivity contribution in [1.82, 2.24) is 0 Å². The van der Waals surface area contributed by atoms with Gasteiger partial charge >= 0.3 is 0 Å². The first-order valence-electron chi connectivity index (χ1n) is 6.45. The summed E-state index contributed by atoms with van der Waals surface area (Å²) in [5.74, 6) is -0.00629. The Morgan fingerprint density at radius 3 is 2.52 bits per heavy atom. The number of nitrogens with one attached hydrogen (secondary N) is 1. The Bertz CT molecular complexity index is 616. The van der Waals surface area contributed by atoms with Gasteiger partial charge in [-0.3, -0.25) is 4.79 Å². The maximum absolute atomic E-state index is 12.2. The standard InChI is InChI=1S/C16H16ClNOS2/c1-11(21-14-8-6-12(17)7-9-14)16(19)18-13-4-3-5-15(10-13)20-2/h3-11H,1-2H3,(H,18,19). The summed E-state index contributed by atoms with van der Waals surface area (Å²) in [6, 6.07) is 15.3. The lowest BCUT2D eigenvalue weighted by Gasteiger charge is -2.12. The lowest BCUT2D eigenvalue weighted by atomic mass is 10.3. The van der Waals surface area contributed by atoms with Gasteiger partial charge < -0.3 is 5.32 Å². The number of thioether (sulfide) groups is 2. The van der Waals surface area contributed by atoms with Crippen molar-refractivity contribution in [3.05, 3.63) is 53.6 Å². The number of hydrogen-bond donors (Lipinski definition) is 1. The zero-order chi connectivity index (χ0) is 15.2. The van der Waals surface area contributed by atoms with Crippen LogP contribution in [-0.2, 0) is 4.79 Å². The van der Waals surface area contributed by atoms with Gasteiger partial charge in [-0.1, -0.05) is 17.7 Å². The van der Waals surface area contributed by atoms with Gasteiger partial charge in [0.25, 0.3) is 0 Å². The summed E-state index contributed by atoms with van der Waals surface area (Å²) in [7, 11) is 0. The Labute approximate surface area is 138 Å². The average molecular weight is 338 g/mol. The van der Waals surface area contributed by atoms with E-state index in [0.29, 0.717) is 5.02 Å². The maximum Gasteiger partial charge on any atom is 0.237 e. The fourth-order valence-electron chi connectivity index (χ4n) is 1.72. The Hall–Kier alpha value is -1.10. The summed E-state index contributed by atoms with van der Waals surface area (Å²) in [5, 5.41) is 3.47. The average Bonchev–Trinajstić information content (AvgIpc) is 2.49. The van der Waals surface area contributed by atoms with Crippen molar-refractivity contribution in [2.24, 2.45) is 0 Å². The third-order valence-electron chi connectivity index (χ3n) is 2.83. The molecule has 2 rings (SSSR count). The molecule has 1 unspecified atom stereocenters. The van der Waals surface area contributed by atoms with Crippen molar-refractivity contribution in [1.29, 1.82) is 0 Å². The van der Waals surface area contributed by atoms with Crippen molar-refractivity contribution >= 4 is 46.7 Å². The highest BCUT2D eigenvalue weighted by Crippen LogP contribution is 2.26. The molecule has 1 amide bonds. The molecular weight excluding hydrogens is 322 g/mol. The van der Waals surface area contributed by atoms with Crippen molar-refractivity contribution in [3.63, 3.8) is 0 Å². The van der Waals surface area contributed by atoms with Crippen molar-refractivity contribution < 1.29 is 4.79 Å². The molecule has 0 saturated heterocycles. The highest BCUT2D eigenvalue weighted by molar-refractivity contribution is 8.00. The fraction of sp³-hybridized carbons (Fsp3) is 0.188. The molecule has 5 heteroatoms. The number of anilines is 1. The molecule has 2 aromatic rings. The van der Waals surface area contributed by atoms with Gasteiger partial charge in [0, 0.05) is 20.5 Å². The van der Waals surface area contributed by atoms with Gasteiger partial charge in [-0.25, -0.2) is 0 Å². The molecule has 0 fully saturated rings. The van der Waals surface area contributed by atoms with Gasteiger partial charge in [0.15, 0.2) is 0 Å². The van der Waals surface area contributed by atoms with Crippen LogP contribution in [0.3, 0.4) is 0 Å². The van der Waals surface area contributed by atoms with Crippen LogP contribution in [0.1, 0.15) is 6.92 Å². The summed E-state index contributed by atoms with van der Waals surface area (Å²) in [5.41, 5.74) is 0.829. The number of halogens is 1. The number of amides is 1. The lowest BCUT2D eigenvalue weighted by Crippen LogP contribution is -2.22. The normalized spacial score (nSPS) is 12.0. The minimum Gasteiger partial charge on any atom is -0.325 e. The van der Waals surface area contributed by atoms with Crippen molar-refractivity contribution in [3.8, 4) is 0 Å². The van der Waals surface area contributed by atoms with Crippen LogP contribution in [0.4, 0.5) is 5.69 Å². The minimum absolute atomic E-state index is 0.00629. The molecule has 0 spiro atoms. The minimum atomic E-state index is -0.177. The molecule has 0 aromatic heterocycles. The van der Waals surface area contributed by atoms with Gasteiger partial charge in [-0.2, -0.15) is 0 Å². The summed E-state index contributed by atoms with van der Waals surface area (Å²) in [6.07, 6.45) is 2.01. The molecule has 0 aliphatic heterocycles. The molecule has 0 aliphatic rings. The third-order valence-corrected chi connectivity index (χ3v) is 4.92. The quantitative estimate of drug-likeness (QED) is 0.762. The zero-order valence-electron chi connectivity index (χ0n) is 11.8. The van der Waals surface area contributed by atoms with Gasteiger partial charge in [0.05, 0.1) is 5.25 Å². The fourth-order valence-corrected chi connectivity index (χ4v) is 3.17. The van der Waals surface area contributed by atoms with Gasteiger partial charge in [0.2, 0.25) is 5.91 Å². The summed E-state index contributed by atoms with van der Waals surface area (Å²) in [6.45, 7) is 1.90. The molecule has 2 nitrogen and oxygen atoms in total. The topological polar surface area (TPSA) is 29.1 Å². The van der Waals surface area contributed by atoms with E-state index < -0.39 is 0 Å². The molecule has 1 N–H and O–H groups in total. The van der Waals surface area contributed by atoms with Gasteiger partial charge in [0.1, 0.15) is 0 Å². The molecule has 21 heavy (non-hydrogen) atoms. The van der Waals surface area contributed by atoms with Crippen LogP contribution < -0.4 is 5.32 Å². The predicted molar refractivity (Wildman–Crippen MR) is 93.6 cm³/mol. The number of carbonyl (C=O) groups is 1. The first kappa shape index (κ1) is 16.3. The molecule has 0 saturated carbocycles. The molecule has 2 aromatic carbocycles. The highest BCUT2D eigenvalue weighted by Gasteiger charge is 2.14. The number of rotatable bonds is 5. The first-order valence-corrected chi connectivity index (χ1v) is 8.94. The third kappa shape index (κ3) is 4.99. The number of benzene rings is 2. The highest BCUT2D eigenvalue weighted by atomic mass is 35.5.